The van der Waals surface area contributed by atoms with Gasteiger partial charge in [-0.1, -0.05) is 143 Å². The van der Waals surface area contributed by atoms with Crippen molar-refractivity contribution in [3.05, 3.63) is 298 Å². The lowest BCUT2D eigenvalue weighted by Crippen LogP contribution is -2.12. The lowest BCUT2D eigenvalue weighted by molar-refractivity contribution is -0.711. The van der Waals surface area contributed by atoms with E-state index in [1.165, 1.54) is 12.1 Å². The van der Waals surface area contributed by atoms with E-state index in [-0.39, 0.29) is 44.9 Å². The molecule has 3 aromatic heterocycles. The topological polar surface area (TPSA) is 145 Å². The van der Waals surface area contributed by atoms with Crippen LogP contribution in [0.15, 0.2) is 271 Å². The molecular weight excluding hydrogens is 1150 g/mol. The molecule has 0 saturated heterocycles. The van der Waals surface area contributed by atoms with Crippen molar-refractivity contribution in [1.82, 2.24) is 13.7 Å². The van der Waals surface area contributed by atoms with Gasteiger partial charge in [0, 0.05) is 82.2 Å². The molecule has 88 heavy (non-hydrogen) atoms. The Balaban J connectivity index is 1.08. The summed E-state index contributed by atoms with van der Waals surface area (Å²) in [5.74, 6) is -0.149. The van der Waals surface area contributed by atoms with Crippen LogP contribution in [0, 0.1) is 44.1 Å². The van der Waals surface area contributed by atoms with Crippen LogP contribution in [0.25, 0.3) is 93.6 Å². The number of nitrogens with zero attached hydrogens (tertiary/aromatic N) is 9. The Bertz CT molecular complexity index is 5200. The fourth-order valence-corrected chi connectivity index (χ4v) is 13.4. The first kappa shape index (κ1) is 52.6. The molecule has 12 nitrogen and oxygen atoms in total. The molecule has 0 unspecified atom stereocenters. The Kier molecular flexibility index (Phi) is 12.8. The number of hydrogen-bond acceptors (Lipinski definition) is 8. The second kappa shape index (κ2) is 21.4. The standard InChI is InChI=1S/C75H44BrN9O3/c76-49-39-48(40-57(41-49)88-85(86)87)73-64(45-77)74(83-69-32-18-15-29-60(69)61-44-56(35-38-70(61)83)82-67-30-16-13-27-58(67)59-28-14-17-31-68(59)82)66(47-79)75(65(73)46-78)84-71-36-33-54(80(50-19-5-1-6-20-50)51-21-7-2-8-22-51)42-62(71)63-43-55(34-37-72(63)84)81(52-23-9-3-10-24-52)53-25-11-4-12-26-53/h1-44H. The summed E-state index contributed by atoms with van der Waals surface area (Å²) in [6.07, 6.45) is 0. The van der Waals surface area contributed by atoms with Gasteiger partial charge in [-0.2, -0.15) is 15.8 Å². The van der Waals surface area contributed by atoms with Gasteiger partial charge in [-0.25, -0.2) is 0 Å². The van der Waals surface area contributed by atoms with Crippen molar-refractivity contribution < 1.29 is 9.92 Å². The summed E-state index contributed by atoms with van der Waals surface area (Å²) in [7, 11) is 0. The molecule has 0 fully saturated rings. The van der Waals surface area contributed by atoms with Crippen LogP contribution in [-0.4, -0.2) is 18.8 Å². The third-order valence-corrected chi connectivity index (χ3v) is 16.8. The lowest BCUT2D eigenvalue weighted by atomic mass is 9.89. The van der Waals surface area contributed by atoms with Gasteiger partial charge in [-0.3, -0.25) is 4.84 Å². The molecular formula is C75H44BrN9O3. The van der Waals surface area contributed by atoms with E-state index in [1.807, 2.05) is 161 Å². The number of rotatable bonds is 12. The Hall–Kier alpha value is -12.2. The molecule has 0 amide bonds. The number of benzene rings is 12. The molecule has 15 rings (SSSR count). The predicted octanol–water partition coefficient (Wildman–Crippen LogP) is 19.5. The molecule has 13 heteroatoms. The molecule has 0 aliphatic heterocycles. The average molecular weight is 1200 g/mol. The molecule has 0 saturated carbocycles. The molecule has 0 aliphatic rings. The first-order chi connectivity index (χ1) is 43.3. The summed E-state index contributed by atoms with van der Waals surface area (Å²) < 4.78 is 6.56. The molecule has 0 spiro atoms. The number of halogens is 1. The van der Waals surface area contributed by atoms with Crippen LogP contribution >= 0.6 is 15.9 Å². The molecule has 0 aliphatic carbocycles. The van der Waals surface area contributed by atoms with Crippen LogP contribution in [0.3, 0.4) is 0 Å². The number of aromatic nitrogens is 3. The van der Waals surface area contributed by atoms with E-state index in [9.17, 15) is 25.9 Å². The van der Waals surface area contributed by atoms with Crippen LogP contribution < -0.4 is 14.6 Å². The largest absolute Gasteiger partial charge is 0.310 e. The molecule has 0 radical (unpaired) electrons. The van der Waals surface area contributed by atoms with E-state index in [4.69, 9.17) is 4.84 Å². The van der Waals surface area contributed by atoms with E-state index < -0.39 is 5.09 Å². The summed E-state index contributed by atoms with van der Waals surface area (Å²) >= 11 is 3.58. The van der Waals surface area contributed by atoms with Crippen LogP contribution in [0.2, 0.25) is 0 Å². The van der Waals surface area contributed by atoms with Gasteiger partial charge in [-0.15, -0.1) is 10.1 Å². The van der Waals surface area contributed by atoms with Crippen LogP contribution in [0.1, 0.15) is 16.7 Å². The highest BCUT2D eigenvalue weighted by molar-refractivity contribution is 9.10. The lowest BCUT2D eigenvalue weighted by Gasteiger charge is -2.26. The van der Waals surface area contributed by atoms with Crippen LogP contribution in [0.4, 0.5) is 34.1 Å². The molecule has 0 N–H and O–H groups in total. The minimum atomic E-state index is -0.905. The summed E-state index contributed by atoms with van der Waals surface area (Å²) in [5, 5.41) is 52.9. The number of nitriles is 3. The van der Waals surface area contributed by atoms with Crippen molar-refractivity contribution in [1.29, 1.82) is 15.8 Å². The van der Waals surface area contributed by atoms with Gasteiger partial charge in [0.25, 0.3) is 5.09 Å². The second-order valence-electron chi connectivity index (χ2n) is 21.2. The Morgan fingerprint density at radius 2 is 0.739 bits per heavy atom. The van der Waals surface area contributed by atoms with Crippen molar-refractivity contribution in [3.8, 4) is 52.1 Å². The van der Waals surface area contributed by atoms with Gasteiger partial charge in [0.2, 0.25) is 0 Å². The highest BCUT2D eigenvalue weighted by atomic mass is 79.9. The third-order valence-electron chi connectivity index (χ3n) is 16.4. The number of anilines is 6. The molecule has 0 atom stereocenters. The summed E-state index contributed by atoms with van der Waals surface area (Å²) in [4.78, 5) is 21.6. The molecule has 414 valence electrons. The highest BCUT2D eigenvalue weighted by Crippen LogP contribution is 2.49. The maximum absolute atomic E-state index is 12.3. The van der Waals surface area contributed by atoms with E-state index in [1.54, 1.807) is 6.07 Å². The number of hydrogen-bond donors (Lipinski definition) is 0. The SMILES string of the molecule is N#Cc1c(-c2cc(Br)cc(O[N+](=O)[O-])c2)c(C#N)c(-n2c3ccccc3c3cc(-n4c5ccccc5c5ccccc54)ccc32)c(C#N)c1-n1c2ccc(N(c3ccccc3)c3ccccc3)cc2c2cc(N(c3ccccc3)c3ccccc3)ccc21. The summed E-state index contributed by atoms with van der Waals surface area (Å²) in [5.41, 5.74) is 11.9. The van der Waals surface area contributed by atoms with Crippen molar-refractivity contribution >= 4 is 115 Å². The monoisotopic (exact) mass is 1200 g/mol. The zero-order chi connectivity index (χ0) is 59.6. The Morgan fingerprint density at radius 3 is 1.16 bits per heavy atom. The zero-order valence-electron chi connectivity index (χ0n) is 46.5. The van der Waals surface area contributed by atoms with Gasteiger partial charge in [0.15, 0.2) is 0 Å². The number of para-hydroxylation sites is 7. The zero-order valence-corrected chi connectivity index (χ0v) is 48.1. The molecule has 3 heterocycles. The van der Waals surface area contributed by atoms with Gasteiger partial charge < -0.3 is 23.5 Å². The fourth-order valence-electron chi connectivity index (χ4n) is 12.9. The maximum atomic E-state index is 12.3. The minimum absolute atomic E-state index is 0.0100. The molecule has 15 aromatic rings. The van der Waals surface area contributed by atoms with Gasteiger partial charge in [-0.05, 0) is 145 Å². The minimum Gasteiger partial charge on any atom is -0.310 e. The van der Waals surface area contributed by atoms with Gasteiger partial charge in [0.05, 0.1) is 55.6 Å². The summed E-state index contributed by atoms with van der Waals surface area (Å²) in [6.45, 7) is 0. The second-order valence-corrected chi connectivity index (χ2v) is 22.1. The highest BCUT2D eigenvalue weighted by Gasteiger charge is 2.32. The quantitative estimate of drug-likeness (QED) is 0.0868. The average Bonchev–Trinajstić information content (AvgIpc) is 1.54. The van der Waals surface area contributed by atoms with Crippen molar-refractivity contribution in [2.24, 2.45) is 0 Å². The fraction of sp³-hybridized carbons (Fsp3) is 0. The van der Waals surface area contributed by atoms with Crippen molar-refractivity contribution in [3.63, 3.8) is 0 Å². The molecule has 0 bridgehead atoms. The van der Waals surface area contributed by atoms with Gasteiger partial charge >= 0.3 is 0 Å². The normalized spacial score (nSPS) is 11.3. The molecule has 12 aromatic carbocycles. The smallest absolute Gasteiger partial charge is 0.299 e. The maximum Gasteiger partial charge on any atom is 0.299 e. The van der Waals surface area contributed by atoms with Crippen LogP contribution in [0.5, 0.6) is 5.75 Å². The first-order valence-corrected chi connectivity index (χ1v) is 29.1. The van der Waals surface area contributed by atoms with E-state index in [0.717, 1.165) is 83.2 Å². The van der Waals surface area contributed by atoms with E-state index in [0.29, 0.717) is 26.5 Å². The first-order valence-electron chi connectivity index (χ1n) is 28.3. The van der Waals surface area contributed by atoms with Crippen molar-refractivity contribution in [2.45, 2.75) is 0 Å². The third kappa shape index (κ3) is 8.55. The van der Waals surface area contributed by atoms with Crippen LogP contribution in [-0.2, 0) is 0 Å². The van der Waals surface area contributed by atoms with E-state index in [2.05, 4.69) is 146 Å². The summed E-state index contributed by atoms with van der Waals surface area (Å²) in [6, 6.07) is 96.0. The Labute approximate surface area is 512 Å². The van der Waals surface area contributed by atoms with Gasteiger partial charge in [0.1, 0.15) is 29.5 Å². The Morgan fingerprint density at radius 1 is 0.375 bits per heavy atom. The van der Waals surface area contributed by atoms with E-state index >= 15 is 0 Å². The predicted molar refractivity (Wildman–Crippen MR) is 354 cm³/mol. The van der Waals surface area contributed by atoms with Crippen molar-refractivity contribution in [2.75, 3.05) is 9.80 Å². The number of fused-ring (bicyclic) bond motifs is 9.